The van der Waals surface area contributed by atoms with Crippen LogP contribution in [0.1, 0.15) is 5.56 Å². The average Bonchev–Trinajstić information content (AvgIpc) is 2.02. The Morgan fingerprint density at radius 1 is 1.25 bits per heavy atom. The lowest BCUT2D eigenvalue weighted by Gasteiger charge is -2.02. The molecule has 0 aromatic carbocycles. The van der Waals surface area contributed by atoms with Crippen LogP contribution in [0.2, 0.25) is 5.02 Å². The summed E-state index contributed by atoms with van der Waals surface area (Å²) in [4.78, 5) is 2.59. The Hall–Kier alpha value is -0.810. The van der Waals surface area contributed by atoms with Crippen LogP contribution in [0.25, 0.3) is 0 Å². The molecule has 0 aliphatic rings. The maximum atomic E-state index is 12.7. The first-order valence-electron chi connectivity index (χ1n) is 2.96. The minimum atomic E-state index is -1.53. The molecule has 0 saturated heterocycles. The molecule has 66 valence electrons. The van der Waals surface area contributed by atoms with Crippen LogP contribution >= 0.6 is 11.6 Å². The molecule has 0 unspecified atom stereocenters. The van der Waals surface area contributed by atoms with Gasteiger partial charge < -0.3 is 5.73 Å². The summed E-state index contributed by atoms with van der Waals surface area (Å²) in [5.74, 6) is -4.09. The highest BCUT2D eigenvalue weighted by Crippen LogP contribution is 2.21. The SMILES string of the molecule is NCc1c(F)c(F)nc(F)c1Cl. The van der Waals surface area contributed by atoms with Crippen LogP contribution in [-0.4, -0.2) is 4.98 Å². The normalized spacial score (nSPS) is 10.4. The molecule has 0 atom stereocenters. The summed E-state index contributed by atoms with van der Waals surface area (Å²) in [5, 5.41) is -0.573. The van der Waals surface area contributed by atoms with E-state index in [1.54, 1.807) is 0 Å². The summed E-state index contributed by atoms with van der Waals surface area (Å²) < 4.78 is 37.5. The maximum Gasteiger partial charge on any atom is 0.251 e. The topological polar surface area (TPSA) is 38.9 Å². The Kier molecular flexibility index (Phi) is 2.54. The van der Waals surface area contributed by atoms with Crippen molar-refractivity contribution in [2.24, 2.45) is 5.73 Å². The van der Waals surface area contributed by atoms with Gasteiger partial charge in [-0.2, -0.15) is 13.8 Å². The zero-order valence-corrected chi connectivity index (χ0v) is 6.50. The van der Waals surface area contributed by atoms with Crippen molar-refractivity contribution in [2.75, 3.05) is 0 Å². The number of halogens is 4. The second kappa shape index (κ2) is 3.28. The third-order valence-corrected chi connectivity index (χ3v) is 1.68. The third kappa shape index (κ3) is 1.37. The number of aromatic nitrogens is 1. The van der Waals surface area contributed by atoms with Gasteiger partial charge in [-0.05, 0) is 0 Å². The van der Waals surface area contributed by atoms with Gasteiger partial charge in [0, 0.05) is 12.1 Å². The van der Waals surface area contributed by atoms with Crippen LogP contribution in [0.3, 0.4) is 0 Å². The van der Waals surface area contributed by atoms with E-state index in [4.69, 9.17) is 17.3 Å². The molecule has 0 fully saturated rings. The zero-order chi connectivity index (χ0) is 9.30. The van der Waals surface area contributed by atoms with Crippen molar-refractivity contribution >= 4 is 11.6 Å². The summed E-state index contributed by atoms with van der Waals surface area (Å²) in [5.41, 5.74) is 4.60. The van der Waals surface area contributed by atoms with Gasteiger partial charge in [0.25, 0.3) is 5.95 Å². The number of pyridine rings is 1. The fraction of sp³-hybridized carbons (Fsp3) is 0.167. The summed E-state index contributed by atoms with van der Waals surface area (Å²) >= 11 is 5.25. The van der Waals surface area contributed by atoms with Crippen molar-refractivity contribution in [1.29, 1.82) is 0 Å². The van der Waals surface area contributed by atoms with Crippen molar-refractivity contribution in [3.8, 4) is 0 Å². The van der Waals surface area contributed by atoms with Crippen LogP contribution in [0.5, 0.6) is 0 Å². The van der Waals surface area contributed by atoms with Crippen LogP contribution in [0.4, 0.5) is 13.2 Å². The maximum absolute atomic E-state index is 12.7. The van der Waals surface area contributed by atoms with Gasteiger partial charge >= 0.3 is 0 Å². The van der Waals surface area contributed by atoms with Crippen molar-refractivity contribution in [3.05, 3.63) is 28.3 Å². The third-order valence-electron chi connectivity index (χ3n) is 1.29. The molecule has 12 heavy (non-hydrogen) atoms. The quantitative estimate of drug-likeness (QED) is 0.693. The second-order valence-electron chi connectivity index (χ2n) is 2.00. The van der Waals surface area contributed by atoms with E-state index in [0.717, 1.165) is 0 Å². The predicted molar refractivity (Wildman–Crippen MR) is 37.0 cm³/mol. The lowest BCUT2D eigenvalue weighted by Crippen LogP contribution is -2.07. The van der Waals surface area contributed by atoms with Crippen molar-refractivity contribution in [2.45, 2.75) is 6.54 Å². The molecule has 0 spiro atoms. The molecule has 2 nitrogen and oxygen atoms in total. The molecule has 0 aliphatic carbocycles. The van der Waals surface area contributed by atoms with Gasteiger partial charge in [0.2, 0.25) is 5.95 Å². The number of hydrogen-bond donors (Lipinski definition) is 1. The Morgan fingerprint density at radius 2 is 1.83 bits per heavy atom. The molecule has 1 heterocycles. The first-order chi connectivity index (χ1) is 5.57. The summed E-state index contributed by atoms with van der Waals surface area (Å²) in [7, 11) is 0. The highest BCUT2D eigenvalue weighted by atomic mass is 35.5. The molecule has 1 aromatic rings. The molecule has 2 N–H and O–H groups in total. The number of rotatable bonds is 1. The van der Waals surface area contributed by atoms with E-state index in [0.29, 0.717) is 0 Å². The Bertz CT molecular complexity index is 290. The predicted octanol–water partition coefficient (Wildman–Crippen LogP) is 1.61. The van der Waals surface area contributed by atoms with Gasteiger partial charge in [-0.1, -0.05) is 11.6 Å². The van der Waals surface area contributed by atoms with E-state index in [-0.39, 0.29) is 6.54 Å². The highest BCUT2D eigenvalue weighted by Gasteiger charge is 2.17. The molecule has 0 amide bonds. The number of nitrogens with two attached hydrogens (primary N) is 1. The molecule has 0 aliphatic heterocycles. The standard InChI is InChI=1S/C6H4ClF3N2/c7-3-2(1-11)4(8)6(10)12-5(3)9/h1,11H2. The summed E-state index contributed by atoms with van der Waals surface area (Å²) in [6.45, 7) is -0.374. The van der Waals surface area contributed by atoms with Gasteiger partial charge in [0.1, 0.15) is 5.02 Å². The van der Waals surface area contributed by atoms with Gasteiger partial charge in [0.15, 0.2) is 5.82 Å². The fourth-order valence-corrected chi connectivity index (χ4v) is 0.911. The monoisotopic (exact) mass is 196 g/mol. The second-order valence-corrected chi connectivity index (χ2v) is 2.38. The van der Waals surface area contributed by atoms with E-state index in [1.165, 1.54) is 0 Å². The Labute approximate surface area is 71.2 Å². The lowest BCUT2D eigenvalue weighted by atomic mass is 10.2. The van der Waals surface area contributed by atoms with E-state index >= 15 is 0 Å². The Balaban J connectivity index is 3.42. The van der Waals surface area contributed by atoms with E-state index in [9.17, 15) is 13.2 Å². The summed E-state index contributed by atoms with van der Waals surface area (Å²) in [6, 6.07) is 0. The summed E-state index contributed by atoms with van der Waals surface area (Å²) in [6.07, 6.45) is 0. The highest BCUT2D eigenvalue weighted by molar-refractivity contribution is 6.31. The van der Waals surface area contributed by atoms with Crippen molar-refractivity contribution in [1.82, 2.24) is 4.98 Å². The number of hydrogen-bond acceptors (Lipinski definition) is 2. The smallest absolute Gasteiger partial charge is 0.251 e. The van der Waals surface area contributed by atoms with Crippen LogP contribution in [0.15, 0.2) is 0 Å². The van der Waals surface area contributed by atoms with Crippen molar-refractivity contribution < 1.29 is 13.2 Å². The van der Waals surface area contributed by atoms with Gasteiger partial charge in [-0.25, -0.2) is 4.39 Å². The molecular formula is C6H4ClF3N2. The van der Waals surface area contributed by atoms with Gasteiger partial charge in [-0.15, -0.1) is 0 Å². The fourth-order valence-electron chi connectivity index (χ4n) is 0.709. The minimum absolute atomic E-state index is 0.374. The molecule has 0 radical (unpaired) electrons. The Morgan fingerprint density at radius 3 is 2.33 bits per heavy atom. The molecular weight excluding hydrogens is 193 g/mol. The van der Waals surface area contributed by atoms with Crippen LogP contribution < -0.4 is 5.73 Å². The van der Waals surface area contributed by atoms with Crippen LogP contribution in [-0.2, 0) is 6.54 Å². The average molecular weight is 197 g/mol. The number of nitrogens with zero attached hydrogens (tertiary/aromatic N) is 1. The first-order valence-corrected chi connectivity index (χ1v) is 3.34. The molecule has 1 rings (SSSR count). The molecule has 0 saturated carbocycles. The van der Waals surface area contributed by atoms with E-state index < -0.39 is 28.3 Å². The molecule has 6 heteroatoms. The van der Waals surface area contributed by atoms with Gasteiger partial charge in [0.05, 0.1) is 0 Å². The molecule has 1 aromatic heterocycles. The largest absolute Gasteiger partial charge is 0.326 e. The zero-order valence-electron chi connectivity index (χ0n) is 5.74. The lowest BCUT2D eigenvalue weighted by molar-refractivity contribution is 0.440. The van der Waals surface area contributed by atoms with E-state index in [1.807, 2.05) is 0 Å². The van der Waals surface area contributed by atoms with Gasteiger partial charge in [-0.3, -0.25) is 0 Å². The van der Waals surface area contributed by atoms with Crippen LogP contribution in [0, 0.1) is 17.7 Å². The van der Waals surface area contributed by atoms with E-state index in [2.05, 4.69) is 4.98 Å². The molecule has 0 bridgehead atoms. The minimum Gasteiger partial charge on any atom is -0.326 e. The first kappa shape index (κ1) is 9.28. The van der Waals surface area contributed by atoms with Crippen molar-refractivity contribution in [3.63, 3.8) is 0 Å².